The number of sulfonamides is 1. The van der Waals surface area contributed by atoms with Crippen molar-refractivity contribution in [2.45, 2.75) is 4.90 Å². The minimum Gasteiger partial charge on any atom is -0.321 e. The molecule has 1 amide bonds. The number of nitrogens with one attached hydrogen (secondary N) is 1. The molecule has 1 N–H and O–H groups in total. The summed E-state index contributed by atoms with van der Waals surface area (Å²) in [5.41, 5.74) is 0.492. The SMILES string of the molecule is CN(C)S(=O)(=O)c1ccc(NC(=O)c2sc3ccc4ccccc4c3c2Cl)cc1. The van der Waals surface area contributed by atoms with Crippen molar-refractivity contribution < 1.29 is 13.2 Å². The Kier molecular flexibility index (Phi) is 5.08. The lowest BCUT2D eigenvalue weighted by atomic mass is 10.1. The van der Waals surface area contributed by atoms with Crippen LogP contribution in [0.4, 0.5) is 5.69 Å². The molecule has 0 bridgehead atoms. The monoisotopic (exact) mass is 444 g/mol. The van der Waals surface area contributed by atoms with Crippen LogP contribution in [-0.2, 0) is 10.0 Å². The average Bonchev–Trinajstić information content (AvgIpc) is 3.05. The Balaban J connectivity index is 1.66. The standard InChI is InChI=1S/C21H17ClN2O3S2/c1-24(2)29(26,27)15-10-8-14(9-11-15)23-21(25)20-19(22)18-16-6-4-3-5-13(16)7-12-17(18)28-20/h3-12H,1-2H3,(H,23,25). The van der Waals surface area contributed by atoms with Crippen molar-refractivity contribution in [1.29, 1.82) is 0 Å². The molecule has 3 aromatic carbocycles. The largest absolute Gasteiger partial charge is 0.321 e. The van der Waals surface area contributed by atoms with Crippen molar-refractivity contribution in [3.63, 3.8) is 0 Å². The Morgan fingerprint density at radius 1 is 1.00 bits per heavy atom. The van der Waals surface area contributed by atoms with E-state index < -0.39 is 10.0 Å². The Hall–Kier alpha value is -2.45. The fourth-order valence-corrected chi connectivity index (χ4v) is 5.45. The summed E-state index contributed by atoms with van der Waals surface area (Å²) < 4.78 is 26.4. The molecule has 0 spiro atoms. The minimum absolute atomic E-state index is 0.159. The van der Waals surface area contributed by atoms with Crippen LogP contribution in [0.25, 0.3) is 20.9 Å². The number of rotatable bonds is 4. The maximum atomic E-state index is 12.8. The van der Waals surface area contributed by atoms with Gasteiger partial charge in [0, 0.05) is 29.9 Å². The molecule has 0 radical (unpaired) electrons. The molecule has 5 nitrogen and oxygen atoms in total. The summed E-state index contributed by atoms with van der Waals surface area (Å²) in [6.45, 7) is 0. The van der Waals surface area contributed by atoms with Crippen LogP contribution in [0.5, 0.6) is 0 Å². The van der Waals surface area contributed by atoms with Gasteiger partial charge in [-0.3, -0.25) is 4.79 Å². The lowest BCUT2D eigenvalue weighted by Crippen LogP contribution is -2.22. The first-order valence-electron chi connectivity index (χ1n) is 8.73. The number of hydrogen-bond acceptors (Lipinski definition) is 4. The molecule has 0 atom stereocenters. The van der Waals surface area contributed by atoms with Gasteiger partial charge in [-0.1, -0.05) is 41.9 Å². The molecule has 29 heavy (non-hydrogen) atoms. The van der Waals surface area contributed by atoms with E-state index in [1.807, 2.05) is 36.4 Å². The van der Waals surface area contributed by atoms with Gasteiger partial charge in [0.25, 0.3) is 5.91 Å². The van der Waals surface area contributed by atoms with Gasteiger partial charge in [0.1, 0.15) is 4.88 Å². The molecule has 0 unspecified atom stereocenters. The zero-order valence-corrected chi connectivity index (χ0v) is 18.0. The fraction of sp³-hybridized carbons (Fsp3) is 0.0952. The van der Waals surface area contributed by atoms with Crippen LogP contribution < -0.4 is 5.32 Å². The van der Waals surface area contributed by atoms with E-state index in [1.165, 1.54) is 37.6 Å². The number of hydrogen-bond donors (Lipinski definition) is 1. The van der Waals surface area contributed by atoms with E-state index >= 15 is 0 Å². The van der Waals surface area contributed by atoms with Crippen molar-refractivity contribution in [2.24, 2.45) is 0 Å². The van der Waals surface area contributed by atoms with Gasteiger partial charge < -0.3 is 5.32 Å². The van der Waals surface area contributed by atoms with Crippen LogP contribution in [0, 0.1) is 0 Å². The normalized spacial score (nSPS) is 12.0. The van der Waals surface area contributed by atoms with Gasteiger partial charge in [-0.25, -0.2) is 12.7 Å². The lowest BCUT2D eigenvalue weighted by Gasteiger charge is -2.11. The number of thiophene rings is 1. The van der Waals surface area contributed by atoms with Crippen molar-refractivity contribution in [1.82, 2.24) is 4.31 Å². The van der Waals surface area contributed by atoms with Crippen LogP contribution in [-0.4, -0.2) is 32.7 Å². The molecule has 0 aliphatic heterocycles. The molecule has 0 saturated carbocycles. The molecule has 8 heteroatoms. The third kappa shape index (κ3) is 3.51. The van der Waals surface area contributed by atoms with E-state index in [9.17, 15) is 13.2 Å². The Labute approximate surface area is 177 Å². The predicted octanol–water partition coefficient (Wildman–Crippen LogP) is 5.21. The highest BCUT2D eigenvalue weighted by molar-refractivity contribution is 7.89. The molecule has 148 valence electrons. The summed E-state index contributed by atoms with van der Waals surface area (Å²) in [7, 11) is -0.577. The first kappa shape index (κ1) is 19.8. The molecule has 0 aliphatic rings. The summed E-state index contributed by atoms with van der Waals surface area (Å²) >= 11 is 7.91. The topological polar surface area (TPSA) is 66.5 Å². The third-order valence-corrected chi connectivity index (χ3v) is 8.09. The number of fused-ring (bicyclic) bond motifs is 3. The van der Waals surface area contributed by atoms with Gasteiger partial charge >= 0.3 is 0 Å². The summed E-state index contributed by atoms with van der Waals surface area (Å²) in [6.07, 6.45) is 0. The van der Waals surface area contributed by atoms with Gasteiger partial charge in [-0.2, -0.15) is 0 Å². The number of halogens is 1. The smallest absolute Gasteiger partial charge is 0.267 e. The average molecular weight is 445 g/mol. The molecule has 4 aromatic rings. The number of amides is 1. The van der Waals surface area contributed by atoms with Crippen LogP contribution >= 0.6 is 22.9 Å². The minimum atomic E-state index is -3.52. The third-order valence-electron chi connectivity index (χ3n) is 4.62. The fourth-order valence-electron chi connectivity index (χ4n) is 3.09. The van der Waals surface area contributed by atoms with Gasteiger partial charge in [0.05, 0.1) is 9.92 Å². The predicted molar refractivity (Wildman–Crippen MR) is 120 cm³/mol. The molecule has 0 aliphatic carbocycles. The van der Waals surface area contributed by atoms with Crippen LogP contribution in [0.1, 0.15) is 9.67 Å². The molecule has 0 fully saturated rings. The van der Waals surface area contributed by atoms with Gasteiger partial charge in [0.2, 0.25) is 10.0 Å². The quantitative estimate of drug-likeness (QED) is 0.469. The number of anilines is 1. The highest BCUT2D eigenvalue weighted by Gasteiger charge is 2.20. The van der Waals surface area contributed by atoms with E-state index in [4.69, 9.17) is 11.6 Å². The highest BCUT2D eigenvalue weighted by atomic mass is 35.5. The molecular formula is C21H17ClN2O3S2. The molecule has 0 saturated heterocycles. The summed E-state index contributed by atoms with van der Waals surface area (Å²) in [6, 6.07) is 17.9. The maximum Gasteiger partial charge on any atom is 0.267 e. The van der Waals surface area contributed by atoms with E-state index in [0.29, 0.717) is 15.6 Å². The van der Waals surface area contributed by atoms with E-state index in [2.05, 4.69) is 5.32 Å². The second-order valence-corrected chi connectivity index (χ2v) is 10.3. The van der Waals surface area contributed by atoms with Gasteiger partial charge in [0.15, 0.2) is 0 Å². The van der Waals surface area contributed by atoms with Crippen molar-refractivity contribution in [2.75, 3.05) is 19.4 Å². The van der Waals surface area contributed by atoms with Crippen molar-refractivity contribution >= 4 is 65.4 Å². The maximum absolute atomic E-state index is 12.8. The van der Waals surface area contributed by atoms with Crippen LogP contribution in [0.3, 0.4) is 0 Å². The zero-order valence-electron chi connectivity index (χ0n) is 15.6. The molecular weight excluding hydrogens is 428 g/mol. The Bertz CT molecular complexity index is 1340. The first-order chi connectivity index (χ1) is 13.8. The molecule has 1 heterocycles. The van der Waals surface area contributed by atoms with Gasteiger partial charge in [-0.05, 0) is 41.1 Å². The van der Waals surface area contributed by atoms with Crippen LogP contribution in [0.15, 0.2) is 65.6 Å². The second kappa shape index (κ2) is 7.42. The highest BCUT2D eigenvalue weighted by Crippen LogP contribution is 2.40. The number of nitrogens with zero attached hydrogens (tertiary/aromatic N) is 1. The molecule has 4 rings (SSSR count). The Morgan fingerprint density at radius 3 is 2.38 bits per heavy atom. The number of carbonyl (C=O) groups excluding carboxylic acids is 1. The summed E-state index contributed by atoms with van der Waals surface area (Å²) in [4.78, 5) is 13.4. The number of carbonyl (C=O) groups is 1. The summed E-state index contributed by atoms with van der Waals surface area (Å²) in [5, 5.41) is 6.15. The lowest BCUT2D eigenvalue weighted by molar-refractivity contribution is 0.103. The second-order valence-electron chi connectivity index (χ2n) is 6.67. The van der Waals surface area contributed by atoms with E-state index in [-0.39, 0.29) is 10.8 Å². The molecule has 1 aromatic heterocycles. The number of benzene rings is 3. The van der Waals surface area contributed by atoms with Crippen LogP contribution in [0.2, 0.25) is 5.02 Å². The van der Waals surface area contributed by atoms with Crippen molar-refractivity contribution in [3.8, 4) is 0 Å². The van der Waals surface area contributed by atoms with Gasteiger partial charge in [-0.15, -0.1) is 11.3 Å². The van der Waals surface area contributed by atoms with E-state index in [1.54, 1.807) is 12.1 Å². The first-order valence-corrected chi connectivity index (χ1v) is 11.4. The van der Waals surface area contributed by atoms with Crippen molar-refractivity contribution in [3.05, 3.63) is 70.6 Å². The Morgan fingerprint density at radius 2 is 1.69 bits per heavy atom. The zero-order chi connectivity index (χ0) is 20.8. The van der Waals surface area contributed by atoms with E-state index in [0.717, 1.165) is 25.2 Å². The summed E-state index contributed by atoms with van der Waals surface area (Å²) in [5.74, 6) is -0.330.